The van der Waals surface area contributed by atoms with Crippen LogP contribution in [0.25, 0.3) is 11.6 Å². The fourth-order valence-electron chi connectivity index (χ4n) is 2.23. The second-order valence-electron chi connectivity index (χ2n) is 5.47. The summed E-state index contributed by atoms with van der Waals surface area (Å²) in [5, 5.41) is 9.96. The van der Waals surface area contributed by atoms with Crippen LogP contribution >= 0.6 is 0 Å². The third-order valence-electron chi connectivity index (χ3n) is 3.54. The maximum atomic E-state index is 13.2. The molecule has 0 aliphatic heterocycles. The van der Waals surface area contributed by atoms with Gasteiger partial charge in [-0.25, -0.2) is 18.2 Å². The third kappa shape index (κ3) is 3.87. The number of carbonyl (C=O) groups excluding carboxylic acids is 1. The lowest BCUT2D eigenvalue weighted by molar-refractivity contribution is -0.130. The van der Waals surface area contributed by atoms with Crippen molar-refractivity contribution in [2.45, 2.75) is 19.4 Å². The Morgan fingerprint density at radius 1 is 1.27 bits per heavy atom. The first-order valence-electron chi connectivity index (χ1n) is 7.49. The third-order valence-corrected chi connectivity index (χ3v) is 3.54. The summed E-state index contributed by atoms with van der Waals surface area (Å²) < 4.78 is 44.4. The van der Waals surface area contributed by atoms with E-state index in [1.165, 1.54) is 18.3 Å². The van der Waals surface area contributed by atoms with Gasteiger partial charge in [-0.3, -0.25) is 9.89 Å². The van der Waals surface area contributed by atoms with Crippen LogP contribution in [0.2, 0.25) is 0 Å². The minimum absolute atomic E-state index is 0.0424. The van der Waals surface area contributed by atoms with Crippen LogP contribution in [0.4, 0.5) is 13.2 Å². The van der Waals surface area contributed by atoms with Gasteiger partial charge in [0.2, 0.25) is 17.6 Å². The van der Waals surface area contributed by atoms with Crippen LogP contribution in [0.1, 0.15) is 17.9 Å². The molecule has 0 radical (unpaired) electrons. The van der Waals surface area contributed by atoms with Crippen LogP contribution in [0.15, 0.2) is 23.0 Å². The zero-order valence-corrected chi connectivity index (χ0v) is 13.5. The fourth-order valence-corrected chi connectivity index (χ4v) is 2.23. The van der Waals surface area contributed by atoms with Crippen molar-refractivity contribution < 1.29 is 22.5 Å². The highest BCUT2D eigenvalue weighted by atomic mass is 19.2. The Kier molecular flexibility index (Phi) is 4.96. The smallest absolute Gasteiger partial charge is 0.239 e. The van der Waals surface area contributed by atoms with Crippen molar-refractivity contribution in [3.63, 3.8) is 0 Å². The summed E-state index contributed by atoms with van der Waals surface area (Å²) >= 11 is 0. The number of hydrogen-bond donors (Lipinski definition) is 1. The van der Waals surface area contributed by atoms with E-state index >= 15 is 0 Å². The Balaban J connectivity index is 1.56. The van der Waals surface area contributed by atoms with Gasteiger partial charge >= 0.3 is 0 Å². The molecular weight excluding hydrogens is 353 g/mol. The molecule has 0 bridgehead atoms. The molecule has 1 amide bonds. The Bertz CT molecular complexity index is 889. The molecule has 0 aliphatic rings. The summed E-state index contributed by atoms with van der Waals surface area (Å²) in [6.07, 6.45) is 1.52. The number of H-pyrrole nitrogens is 1. The molecule has 0 atom stereocenters. The molecule has 2 heterocycles. The number of amides is 1. The van der Waals surface area contributed by atoms with Crippen molar-refractivity contribution in [3.8, 4) is 11.6 Å². The molecule has 0 spiro atoms. The van der Waals surface area contributed by atoms with Crippen molar-refractivity contribution in [2.75, 3.05) is 7.05 Å². The molecule has 1 N–H and O–H groups in total. The van der Waals surface area contributed by atoms with E-state index < -0.39 is 17.5 Å². The monoisotopic (exact) mass is 366 g/mol. The molecule has 0 aliphatic carbocycles. The number of carbonyl (C=O) groups is 1. The molecule has 136 valence electrons. The van der Waals surface area contributed by atoms with Gasteiger partial charge in [-0.2, -0.15) is 10.1 Å². The number of aromatic amines is 1. The first kappa shape index (κ1) is 17.6. The normalized spacial score (nSPS) is 10.9. The number of aryl methyl sites for hydroxylation is 1. The van der Waals surface area contributed by atoms with E-state index in [0.717, 1.165) is 12.1 Å². The maximum Gasteiger partial charge on any atom is 0.239 e. The molecule has 3 aromatic rings. The first-order valence-corrected chi connectivity index (χ1v) is 7.49. The Hall–Kier alpha value is -3.24. The second-order valence-corrected chi connectivity index (χ2v) is 5.47. The van der Waals surface area contributed by atoms with Gasteiger partial charge in [0, 0.05) is 26.4 Å². The van der Waals surface area contributed by atoms with Crippen LogP contribution < -0.4 is 0 Å². The average molecular weight is 366 g/mol. The van der Waals surface area contributed by atoms with Gasteiger partial charge in [-0.15, -0.1) is 0 Å². The van der Waals surface area contributed by atoms with Gasteiger partial charge < -0.3 is 9.42 Å². The summed E-state index contributed by atoms with van der Waals surface area (Å²) in [6.45, 7) is -0.0693. The van der Waals surface area contributed by atoms with Crippen LogP contribution in [-0.2, 0) is 17.8 Å². The average Bonchev–Trinajstić information content (AvgIpc) is 3.28. The maximum absolute atomic E-state index is 13.2. The standard InChI is InChI=1S/C15H13F3N6O2/c1-24(6-8-4-9(16)13(18)10(17)5-8)12(25)3-2-11-21-15(23-26-11)14-19-7-20-22-14/h4-5,7H,2-3,6H2,1H3,(H,19,20,22). The molecular formula is C15H13F3N6O2. The van der Waals surface area contributed by atoms with E-state index in [0.29, 0.717) is 5.82 Å². The van der Waals surface area contributed by atoms with Crippen LogP contribution in [0.3, 0.4) is 0 Å². The van der Waals surface area contributed by atoms with Crippen LogP contribution in [-0.4, -0.2) is 43.2 Å². The van der Waals surface area contributed by atoms with Crippen molar-refractivity contribution in [2.24, 2.45) is 0 Å². The van der Waals surface area contributed by atoms with Gasteiger partial charge in [0.25, 0.3) is 0 Å². The molecule has 0 fully saturated rings. The molecule has 1 aromatic carbocycles. The van der Waals surface area contributed by atoms with Crippen molar-refractivity contribution in [3.05, 3.63) is 47.4 Å². The van der Waals surface area contributed by atoms with Crippen molar-refractivity contribution in [1.29, 1.82) is 0 Å². The zero-order valence-electron chi connectivity index (χ0n) is 13.5. The van der Waals surface area contributed by atoms with Gasteiger partial charge in [0.15, 0.2) is 23.3 Å². The first-order chi connectivity index (χ1) is 12.4. The number of hydrogen-bond acceptors (Lipinski definition) is 6. The number of halogens is 3. The lowest BCUT2D eigenvalue weighted by atomic mass is 10.2. The molecule has 8 nitrogen and oxygen atoms in total. The number of benzene rings is 1. The van der Waals surface area contributed by atoms with E-state index in [1.54, 1.807) is 0 Å². The van der Waals surface area contributed by atoms with Gasteiger partial charge in [0.05, 0.1) is 0 Å². The Labute approximate surface area is 145 Å². The van der Waals surface area contributed by atoms with E-state index in [4.69, 9.17) is 4.52 Å². The summed E-state index contributed by atoms with van der Waals surface area (Å²) in [4.78, 5) is 21.4. The Morgan fingerprint density at radius 2 is 2.00 bits per heavy atom. The summed E-state index contributed by atoms with van der Waals surface area (Å²) in [7, 11) is 1.47. The highest BCUT2D eigenvalue weighted by molar-refractivity contribution is 5.76. The van der Waals surface area contributed by atoms with Crippen LogP contribution in [0.5, 0.6) is 0 Å². The number of rotatable bonds is 6. The predicted octanol–water partition coefficient (Wildman–Crippen LogP) is 1.86. The fraction of sp³-hybridized carbons (Fsp3) is 0.267. The lowest BCUT2D eigenvalue weighted by Gasteiger charge is -2.17. The summed E-state index contributed by atoms with van der Waals surface area (Å²) in [5.74, 6) is -3.66. The molecule has 0 saturated carbocycles. The highest BCUT2D eigenvalue weighted by Crippen LogP contribution is 2.15. The molecule has 11 heteroatoms. The van der Waals surface area contributed by atoms with Gasteiger partial charge in [-0.1, -0.05) is 5.16 Å². The van der Waals surface area contributed by atoms with Gasteiger partial charge in [-0.05, 0) is 17.7 Å². The number of nitrogens with zero attached hydrogens (tertiary/aromatic N) is 5. The van der Waals surface area contributed by atoms with Crippen molar-refractivity contribution in [1.82, 2.24) is 30.2 Å². The molecule has 2 aromatic heterocycles. The largest absolute Gasteiger partial charge is 0.341 e. The molecule has 0 saturated heterocycles. The minimum Gasteiger partial charge on any atom is -0.341 e. The topological polar surface area (TPSA) is 101 Å². The van der Waals surface area contributed by atoms with Crippen molar-refractivity contribution >= 4 is 5.91 Å². The van der Waals surface area contributed by atoms with E-state index in [9.17, 15) is 18.0 Å². The molecule has 26 heavy (non-hydrogen) atoms. The van der Waals surface area contributed by atoms with Gasteiger partial charge in [0.1, 0.15) is 6.33 Å². The van der Waals surface area contributed by atoms with E-state index in [-0.39, 0.29) is 42.6 Å². The van der Waals surface area contributed by atoms with E-state index in [2.05, 4.69) is 25.3 Å². The lowest BCUT2D eigenvalue weighted by Crippen LogP contribution is -2.26. The second kappa shape index (κ2) is 7.33. The Morgan fingerprint density at radius 3 is 2.65 bits per heavy atom. The zero-order chi connectivity index (χ0) is 18.7. The SMILES string of the molecule is CN(Cc1cc(F)c(F)c(F)c1)C(=O)CCc1nc(-c2ncn[nH]2)no1. The quantitative estimate of drug-likeness (QED) is 0.669. The minimum atomic E-state index is -1.54. The number of aromatic nitrogens is 5. The summed E-state index contributed by atoms with van der Waals surface area (Å²) in [6, 6.07) is 1.70. The predicted molar refractivity (Wildman–Crippen MR) is 80.8 cm³/mol. The molecule has 0 unspecified atom stereocenters. The summed E-state index contributed by atoms with van der Waals surface area (Å²) in [5.41, 5.74) is 0.141. The number of nitrogens with one attached hydrogen (secondary N) is 1. The van der Waals surface area contributed by atoms with Crippen LogP contribution in [0, 0.1) is 17.5 Å². The molecule has 3 rings (SSSR count). The highest BCUT2D eigenvalue weighted by Gasteiger charge is 2.16. The van der Waals surface area contributed by atoms with E-state index in [1.807, 2.05) is 0 Å².